The van der Waals surface area contributed by atoms with E-state index in [9.17, 15) is 0 Å². The number of hydrogen-bond donors (Lipinski definition) is 2. The van der Waals surface area contributed by atoms with Gasteiger partial charge in [0, 0.05) is 31.9 Å². The molecule has 134 valence electrons. The molecule has 0 aliphatic heterocycles. The average Bonchev–Trinajstić information content (AvgIpc) is 2.68. The van der Waals surface area contributed by atoms with Crippen molar-refractivity contribution in [3.05, 3.63) is 65.7 Å². The number of nitrogens with zero attached hydrogens (tertiary/aromatic N) is 2. The van der Waals surface area contributed by atoms with Gasteiger partial charge in [-0.05, 0) is 18.6 Å². The minimum Gasteiger partial charge on any atom is -0.385 e. The minimum absolute atomic E-state index is 0.494. The zero-order valence-electron chi connectivity index (χ0n) is 14.6. The Morgan fingerprint density at radius 3 is 2.54 bits per heavy atom. The molecule has 0 aliphatic carbocycles. The normalized spacial score (nSPS) is 10.5. The highest BCUT2D eigenvalue weighted by molar-refractivity contribution is 6.33. The van der Waals surface area contributed by atoms with Gasteiger partial charge in [0.05, 0.1) is 16.4 Å². The average molecular weight is 369 g/mol. The first-order valence-electron chi connectivity index (χ1n) is 8.45. The van der Waals surface area contributed by atoms with Gasteiger partial charge >= 0.3 is 0 Å². The maximum Gasteiger partial charge on any atom is 0.229 e. The predicted octanol–water partition coefficient (Wildman–Crippen LogP) is 4.99. The molecule has 0 saturated carbocycles. The van der Waals surface area contributed by atoms with Gasteiger partial charge < -0.3 is 15.4 Å². The van der Waals surface area contributed by atoms with Crippen LogP contribution < -0.4 is 10.6 Å². The monoisotopic (exact) mass is 368 g/mol. The summed E-state index contributed by atoms with van der Waals surface area (Å²) in [6, 6.07) is 19.5. The molecule has 2 N–H and O–H groups in total. The van der Waals surface area contributed by atoms with Gasteiger partial charge in [-0.25, -0.2) is 4.98 Å². The molecule has 3 rings (SSSR count). The maximum absolute atomic E-state index is 6.24. The van der Waals surface area contributed by atoms with E-state index in [2.05, 4.69) is 20.6 Å². The second-order valence-electron chi connectivity index (χ2n) is 5.71. The molecule has 0 saturated heterocycles. The Morgan fingerprint density at radius 2 is 1.77 bits per heavy atom. The Morgan fingerprint density at radius 1 is 1.00 bits per heavy atom. The number of anilines is 3. The maximum atomic E-state index is 6.24. The Kier molecular flexibility index (Phi) is 6.41. The van der Waals surface area contributed by atoms with Crippen LogP contribution in [0, 0.1) is 0 Å². The molecule has 0 fully saturated rings. The molecule has 0 spiro atoms. The lowest BCUT2D eigenvalue weighted by atomic mass is 10.1. The summed E-state index contributed by atoms with van der Waals surface area (Å²) in [4.78, 5) is 9.20. The van der Waals surface area contributed by atoms with Crippen molar-refractivity contribution in [1.82, 2.24) is 9.97 Å². The Labute approximate surface area is 158 Å². The second kappa shape index (κ2) is 9.17. The lowest BCUT2D eigenvalue weighted by molar-refractivity contribution is 0.198. The van der Waals surface area contributed by atoms with Crippen LogP contribution in [0.25, 0.3) is 11.3 Å². The van der Waals surface area contributed by atoms with Crippen LogP contribution in [-0.2, 0) is 4.74 Å². The lowest BCUT2D eigenvalue weighted by Gasteiger charge is -2.12. The first-order chi connectivity index (χ1) is 12.8. The molecule has 5 nitrogen and oxygen atoms in total. The Hall–Kier alpha value is -2.63. The molecule has 2 aromatic carbocycles. The second-order valence-corrected chi connectivity index (χ2v) is 6.11. The van der Waals surface area contributed by atoms with Crippen molar-refractivity contribution >= 4 is 29.1 Å². The molecule has 0 aliphatic rings. The molecular weight excluding hydrogens is 348 g/mol. The van der Waals surface area contributed by atoms with Gasteiger partial charge in [-0.1, -0.05) is 54.1 Å². The number of aromatic nitrogens is 2. The number of rotatable bonds is 8. The SMILES string of the molecule is COCCCNc1cc(-c2ccccc2)nc(Nc2ccccc2Cl)n1. The molecule has 0 atom stereocenters. The number of hydrogen-bond acceptors (Lipinski definition) is 5. The zero-order chi connectivity index (χ0) is 18.2. The van der Waals surface area contributed by atoms with E-state index in [1.165, 1.54) is 0 Å². The molecule has 1 aromatic heterocycles. The van der Waals surface area contributed by atoms with E-state index in [0.29, 0.717) is 17.6 Å². The molecule has 1 heterocycles. The van der Waals surface area contributed by atoms with Crippen LogP contribution in [0.4, 0.5) is 17.5 Å². The van der Waals surface area contributed by atoms with Gasteiger partial charge in [-0.3, -0.25) is 0 Å². The van der Waals surface area contributed by atoms with Crippen molar-refractivity contribution in [1.29, 1.82) is 0 Å². The van der Waals surface area contributed by atoms with Crippen molar-refractivity contribution in [2.45, 2.75) is 6.42 Å². The molecule has 0 bridgehead atoms. The number of halogens is 1. The van der Waals surface area contributed by atoms with Crippen LogP contribution >= 0.6 is 11.6 Å². The largest absolute Gasteiger partial charge is 0.385 e. The Bertz CT molecular complexity index is 842. The quantitative estimate of drug-likeness (QED) is 0.548. The molecule has 6 heteroatoms. The van der Waals surface area contributed by atoms with E-state index in [0.717, 1.165) is 35.7 Å². The predicted molar refractivity (Wildman–Crippen MR) is 107 cm³/mol. The van der Waals surface area contributed by atoms with Gasteiger partial charge in [0.1, 0.15) is 5.82 Å². The van der Waals surface area contributed by atoms with E-state index in [-0.39, 0.29) is 0 Å². The van der Waals surface area contributed by atoms with Gasteiger partial charge in [-0.2, -0.15) is 4.98 Å². The van der Waals surface area contributed by atoms with Gasteiger partial charge in [0.15, 0.2) is 0 Å². The number of benzene rings is 2. The first kappa shape index (κ1) is 18.2. The van der Waals surface area contributed by atoms with Crippen LogP contribution in [0.15, 0.2) is 60.7 Å². The third-order valence-electron chi connectivity index (χ3n) is 3.75. The fraction of sp³-hybridized carbons (Fsp3) is 0.200. The molecule has 0 amide bonds. The highest BCUT2D eigenvalue weighted by Gasteiger charge is 2.08. The van der Waals surface area contributed by atoms with Crippen LogP contribution in [0.3, 0.4) is 0 Å². The van der Waals surface area contributed by atoms with Gasteiger partial charge in [0.2, 0.25) is 5.95 Å². The van der Waals surface area contributed by atoms with Crippen molar-refractivity contribution in [2.24, 2.45) is 0 Å². The standard InChI is InChI=1S/C20H21ClN4O/c1-26-13-7-12-22-19-14-18(15-8-3-2-4-9-15)24-20(25-19)23-17-11-6-5-10-16(17)21/h2-6,8-11,14H,7,12-13H2,1H3,(H2,22,23,24,25). The van der Waals surface area contributed by atoms with E-state index < -0.39 is 0 Å². The molecular formula is C20H21ClN4O. The molecule has 26 heavy (non-hydrogen) atoms. The fourth-order valence-electron chi connectivity index (χ4n) is 2.47. The first-order valence-corrected chi connectivity index (χ1v) is 8.83. The summed E-state index contributed by atoms with van der Waals surface area (Å²) < 4.78 is 5.09. The van der Waals surface area contributed by atoms with Crippen LogP contribution in [0.5, 0.6) is 0 Å². The number of methoxy groups -OCH3 is 1. The fourth-order valence-corrected chi connectivity index (χ4v) is 2.65. The summed E-state index contributed by atoms with van der Waals surface area (Å²) in [7, 11) is 1.70. The number of nitrogens with one attached hydrogen (secondary N) is 2. The molecule has 0 radical (unpaired) electrons. The van der Waals surface area contributed by atoms with E-state index in [4.69, 9.17) is 16.3 Å². The minimum atomic E-state index is 0.494. The third-order valence-corrected chi connectivity index (χ3v) is 4.08. The highest BCUT2D eigenvalue weighted by atomic mass is 35.5. The van der Waals surface area contributed by atoms with Gasteiger partial charge in [0.25, 0.3) is 0 Å². The van der Waals surface area contributed by atoms with Crippen molar-refractivity contribution in [2.75, 3.05) is 30.9 Å². The highest BCUT2D eigenvalue weighted by Crippen LogP contribution is 2.26. The van der Waals surface area contributed by atoms with E-state index in [1.54, 1.807) is 7.11 Å². The zero-order valence-corrected chi connectivity index (χ0v) is 15.3. The van der Waals surface area contributed by atoms with Crippen LogP contribution in [0.2, 0.25) is 5.02 Å². The summed E-state index contributed by atoms with van der Waals surface area (Å²) in [5.41, 5.74) is 2.63. The van der Waals surface area contributed by atoms with Crippen LogP contribution in [-0.4, -0.2) is 30.2 Å². The number of ether oxygens (including phenoxy) is 1. The third kappa shape index (κ3) is 4.94. The summed E-state index contributed by atoms with van der Waals surface area (Å²) in [6.07, 6.45) is 0.897. The molecule has 3 aromatic rings. The number of para-hydroxylation sites is 1. The summed E-state index contributed by atoms with van der Waals surface area (Å²) >= 11 is 6.24. The lowest BCUT2D eigenvalue weighted by Crippen LogP contribution is -2.08. The van der Waals surface area contributed by atoms with Gasteiger partial charge in [-0.15, -0.1) is 0 Å². The van der Waals surface area contributed by atoms with E-state index >= 15 is 0 Å². The smallest absolute Gasteiger partial charge is 0.229 e. The summed E-state index contributed by atoms with van der Waals surface area (Å²) in [5, 5.41) is 7.15. The van der Waals surface area contributed by atoms with Crippen molar-refractivity contribution in [3.63, 3.8) is 0 Å². The van der Waals surface area contributed by atoms with E-state index in [1.807, 2.05) is 60.7 Å². The van der Waals surface area contributed by atoms with Crippen molar-refractivity contribution < 1.29 is 4.74 Å². The summed E-state index contributed by atoms with van der Waals surface area (Å²) in [6.45, 7) is 1.47. The summed E-state index contributed by atoms with van der Waals surface area (Å²) in [5.74, 6) is 1.25. The topological polar surface area (TPSA) is 59.1 Å². The Balaban J connectivity index is 1.88. The molecule has 0 unspecified atom stereocenters. The van der Waals surface area contributed by atoms with Crippen LogP contribution in [0.1, 0.15) is 6.42 Å². The van der Waals surface area contributed by atoms with Crippen molar-refractivity contribution in [3.8, 4) is 11.3 Å².